The molecule has 4 aliphatic carbocycles. The van der Waals surface area contributed by atoms with E-state index >= 15 is 0 Å². The minimum Gasteiger partial charge on any atom is -0.469 e. The third kappa shape index (κ3) is 3.31. The van der Waals surface area contributed by atoms with Gasteiger partial charge in [-0.05, 0) is 95.7 Å². The zero-order valence-corrected chi connectivity index (χ0v) is 24.9. The molecule has 5 fully saturated rings. The van der Waals surface area contributed by atoms with E-state index in [0.717, 1.165) is 44.1 Å². The Morgan fingerprint density at radius 1 is 1.09 bits per heavy atom. The lowest BCUT2D eigenvalue weighted by Gasteiger charge is -2.56. The summed E-state index contributed by atoms with van der Waals surface area (Å²) in [7, 11) is -2.47. The maximum atomic E-state index is 13.9. The van der Waals surface area contributed by atoms with E-state index in [0.29, 0.717) is 6.61 Å². The summed E-state index contributed by atoms with van der Waals surface area (Å²) in [4.78, 5) is 27.2. The minimum absolute atomic E-state index is 0.108. The van der Waals surface area contributed by atoms with Crippen LogP contribution in [0.1, 0.15) is 45.4 Å². The quantitative estimate of drug-likeness (QED) is 0.278. The van der Waals surface area contributed by atoms with Gasteiger partial charge in [0.05, 0.1) is 36.8 Å². The molecule has 8 heteroatoms. The molecule has 1 spiro atoms. The van der Waals surface area contributed by atoms with E-state index in [2.05, 4.69) is 45.9 Å². The van der Waals surface area contributed by atoms with Crippen molar-refractivity contribution in [3.63, 3.8) is 0 Å². The van der Waals surface area contributed by atoms with Crippen molar-refractivity contribution in [1.82, 2.24) is 0 Å². The van der Waals surface area contributed by atoms with E-state index in [4.69, 9.17) is 18.3 Å². The van der Waals surface area contributed by atoms with Crippen molar-refractivity contribution in [3.05, 3.63) is 12.2 Å². The van der Waals surface area contributed by atoms with Crippen LogP contribution < -0.4 is 0 Å². The maximum absolute atomic E-state index is 13.9. The van der Waals surface area contributed by atoms with Crippen LogP contribution in [0.5, 0.6) is 0 Å². The SMILES string of the molecule is C=C1[C@@H](O[Si](C)(C)C)[C@]23C[C@@]1(O[Si](C)(C)C)CC[C@H]2[C@@]12CCCC(C)(C(=O)OC1)[C@H]2[C@@H]3C(=O)OC. The van der Waals surface area contributed by atoms with Crippen molar-refractivity contribution in [2.45, 2.75) is 96.4 Å². The summed E-state index contributed by atoms with van der Waals surface area (Å²) in [6.45, 7) is 20.4. The monoisotopic (exact) mass is 520 g/mol. The molecule has 4 bridgehead atoms. The smallest absolute Gasteiger partial charge is 0.312 e. The van der Waals surface area contributed by atoms with E-state index in [1.54, 1.807) is 0 Å². The molecule has 4 saturated carbocycles. The molecule has 1 unspecified atom stereocenters. The first-order valence-corrected chi connectivity index (χ1v) is 20.2. The molecule has 6 nitrogen and oxygen atoms in total. The Labute approximate surface area is 212 Å². The topological polar surface area (TPSA) is 71.1 Å². The van der Waals surface area contributed by atoms with Gasteiger partial charge in [0.1, 0.15) is 0 Å². The van der Waals surface area contributed by atoms with Gasteiger partial charge < -0.3 is 18.3 Å². The number of esters is 2. The first-order chi connectivity index (χ1) is 16.1. The van der Waals surface area contributed by atoms with Gasteiger partial charge in [-0.15, -0.1) is 0 Å². The first kappa shape index (κ1) is 25.7. The fourth-order valence-corrected chi connectivity index (χ4v) is 12.1. The number of cyclic esters (lactones) is 1. The Balaban J connectivity index is 1.77. The molecule has 8 atom stereocenters. The number of hydrogen-bond donors (Lipinski definition) is 0. The molecule has 0 radical (unpaired) electrons. The second-order valence-electron chi connectivity index (χ2n) is 14.3. The van der Waals surface area contributed by atoms with Gasteiger partial charge in [0.25, 0.3) is 0 Å². The number of rotatable bonds is 5. The summed E-state index contributed by atoms with van der Waals surface area (Å²) >= 11 is 0. The highest BCUT2D eigenvalue weighted by Gasteiger charge is 2.83. The average Bonchev–Trinajstić information content (AvgIpc) is 3.09. The average molecular weight is 521 g/mol. The zero-order chi connectivity index (χ0) is 25.8. The molecule has 0 amide bonds. The molecule has 1 aliphatic heterocycles. The van der Waals surface area contributed by atoms with Crippen molar-refractivity contribution >= 4 is 28.6 Å². The fraction of sp³-hybridized carbons (Fsp3) is 0.852. The van der Waals surface area contributed by atoms with Gasteiger partial charge in [-0.1, -0.05) is 13.0 Å². The highest BCUT2D eigenvalue weighted by molar-refractivity contribution is 6.70. The van der Waals surface area contributed by atoms with Crippen LogP contribution in [0.25, 0.3) is 0 Å². The molecule has 0 aromatic carbocycles. The van der Waals surface area contributed by atoms with Crippen LogP contribution in [-0.4, -0.2) is 54.0 Å². The van der Waals surface area contributed by atoms with Crippen LogP contribution in [0.15, 0.2) is 12.2 Å². The van der Waals surface area contributed by atoms with Crippen LogP contribution >= 0.6 is 0 Å². The molecule has 35 heavy (non-hydrogen) atoms. The van der Waals surface area contributed by atoms with E-state index < -0.39 is 39.0 Å². The van der Waals surface area contributed by atoms with Crippen molar-refractivity contribution in [3.8, 4) is 0 Å². The largest absolute Gasteiger partial charge is 0.469 e. The molecule has 196 valence electrons. The molecule has 0 N–H and O–H groups in total. The van der Waals surface area contributed by atoms with Crippen molar-refractivity contribution < 1.29 is 27.9 Å². The normalized spacial score (nSPS) is 46.6. The number of hydrogen-bond acceptors (Lipinski definition) is 6. The summed E-state index contributed by atoms with van der Waals surface area (Å²) in [6.07, 6.45) is 5.00. The Morgan fingerprint density at radius 2 is 1.77 bits per heavy atom. The number of ether oxygens (including phenoxy) is 2. The van der Waals surface area contributed by atoms with Crippen molar-refractivity contribution in [1.29, 1.82) is 0 Å². The Hall–Kier alpha value is -0.966. The van der Waals surface area contributed by atoms with E-state index in [9.17, 15) is 9.59 Å². The van der Waals surface area contributed by atoms with E-state index in [1.807, 2.05) is 6.92 Å². The third-order valence-corrected chi connectivity index (χ3v) is 12.0. The van der Waals surface area contributed by atoms with Gasteiger partial charge in [0.15, 0.2) is 16.6 Å². The van der Waals surface area contributed by atoms with Gasteiger partial charge >= 0.3 is 11.9 Å². The maximum Gasteiger partial charge on any atom is 0.312 e. The highest BCUT2D eigenvalue weighted by atomic mass is 28.4. The van der Waals surface area contributed by atoms with E-state index in [-0.39, 0.29) is 35.3 Å². The lowest BCUT2D eigenvalue weighted by Crippen LogP contribution is -2.58. The first-order valence-electron chi connectivity index (χ1n) is 13.4. The summed E-state index contributed by atoms with van der Waals surface area (Å²) < 4.78 is 25.6. The number of fused-ring (bicyclic) bond motifs is 1. The van der Waals surface area contributed by atoms with Crippen LogP contribution in [0.3, 0.4) is 0 Å². The molecule has 1 heterocycles. The lowest BCUT2D eigenvalue weighted by molar-refractivity contribution is -0.201. The van der Waals surface area contributed by atoms with Gasteiger partial charge in [-0.25, -0.2) is 0 Å². The standard InChI is InChI=1S/C27H44O6Si2/c1-17-21(32-34(4,5)6)27-15-26(17,33-35(7,8)9)14-11-18(27)25-13-10-12-24(2,23(29)31-16-25)20(25)19(27)22(28)30-3/h18-21H,1,10-16H2,2-9H3/t18-,19+,20+,21+,24?,25+,26-,27+/m0/s1. The summed E-state index contributed by atoms with van der Waals surface area (Å²) in [6, 6.07) is 0. The van der Waals surface area contributed by atoms with Crippen molar-refractivity contribution in [2.75, 3.05) is 13.7 Å². The second kappa shape index (κ2) is 7.54. The summed E-state index contributed by atoms with van der Waals surface area (Å²) in [5.74, 6) is -0.682. The molecule has 5 aliphatic rings. The highest BCUT2D eigenvalue weighted by Crippen LogP contribution is 2.80. The molecule has 0 aromatic heterocycles. The number of carbonyl (C=O) groups is 2. The third-order valence-electron chi connectivity index (χ3n) is 10.1. The molecule has 5 rings (SSSR count). The molecular formula is C27H44O6Si2. The zero-order valence-electron chi connectivity index (χ0n) is 22.9. The Morgan fingerprint density at radius 3 is 2.37 bits per heavy atom. The number of carbonyl (C=O) groups excluding carboxylic acids is 2. The Bertz CT molecular complexity index is 968. The molecule has 0 aromatic rings. The van der Waals surface area contributed by atoms with Crippen LogP contribution in [0, 0.1) is 34.0 Å². The Kier molecular flexibility index (Phi) is 5.53. The van der Waals surface area contributed by atoms with Gasteiger partial charge in [0, 0.05) is 10.8 Å². The molecular weight excluding hydrogens is 476 g/mol. The van der Waals surface area contributed by atoms with Crippen LogP contribution in [-0.2, 0) is 27.9 Å². The summed E-state index contributed by atoms with van der Waals surface area (Å²) in [5.41, 5.74) is -0.872. The predicted octanol–water partition coefficient (Wildman–Crippen LogP) is 5.31. The van der Waals surface area contributed by atoms with Crippen molar-refractivity contribution in [2.24, 2.45) is 34.0 Å². The number of methoxy groups -OCH3 is 1. The fourth-order valence-electron chi connectivity index (χ4n) is 9.52. The van der Waals surface area contributed by atoms with Gasteiger partial charge in [-0.2, -0.15) is 0 Å². The molecule has 1 saturated heterocycles. The summed E-state index contributed by atoms with van der Waals surface area (Å²) in [5, 5.41) is 0. The van der Waals surface area contributed by atoms with Gasteiger partial charge in [0.2, 0.25) is 0 Å². The van der Waals surface area contributed by atoms with Gasteiger partial charge in [-0.3, -0.25) is 9.59 Å². The predicted molar refractivity (Wildman–Crippen MR) is 139 cm³/mol. The second-order valence-corrected chi connectivity index (χ2v) is 23.2. The minimum atomic E-state index is -2.03. The van der Waals surface area contributed by atoms with Crippen LogP contribution in [0.4, 0.5) is 0 Å². The van der Waals surface area contributed by atoms with E-state index in [1.165, 1.54) is 7.11 Å². The lowest BCUT2D eigenvalue weighted by atomic mass is 9.51. The van der Waals surface area contributed by atoms with Crippen LogP contribution in [0.2, 0.25) is 39.3 Å².